The summed E-state index contributed by atoms with van der Waals surface area (Å²) in [5.41, 5.74) is 0.672. The van der Waals surface area contributed by atoms with E-state index >= 15 is 0 Å². The topological polar surface area (TPSA) is 69.7 Å². The quantitative estimate of drug-likeness (QED) is 0.365. The van der Waals surface area contributed by atoms with Crippen molar-refractivity contribution in [2.24, 2.45) is 5.84 Å². The van der Waals surface area contributed by atoms with Crippen molar-refractivity contribution in [2.45, 2.75) is 19.9 Å². The lowest BCUT2D eigenvalue weighted by Gasteiger charge is -2.23. The third-order valence-electron chi connectivity index (χ3n) is 1.81. The molecule has 0 aromatic heterocycles. The fraction of sp³-hybridized carbons (Fsp3) is 0.333. The van der Waals surface area contributed by atoms with Crippen molar-refractivity contribution in [3.8, 4) is 11.5 Å². The Hall–Kier alpha value is -1.42. The van der Waals surface area contributed by atoms with Crippen LogP contribution in [0, 0.1) is 0 Å². The number of phenolic OH excluding ortho intramolecular Hbond substituents is 2. The summed E-state index contributed by atoms with van der Waals surface area (Å²) in [5, 5.41) is 19.8. The standard InChI is InChI=1S/C9H14N2O2/c1-6(2)11(10)7-3-4-8(12)9(13)5-7/h3-6,12-13H,10H2,1-2H3. The van der Waals surface area contributed by atoms with Gasteiger partial charge in [0.1, 0.15) is 0 Å². The Kier molecular flexibility index (Phi) is 2.63. The molecule has 0 saturated carbocycles. The number of nitrogens with zero attached hydrogens (tertiary/aromatic N) is 1. The van der Waals surface area contributed by atoms with Gasteiger partial charge in [-0.15, -0.1) is 0 Å². The molecule has 0 radical (unpaired) electrons. The van der Waals surface area contributed by atoms with E-state index in [1.54, 1.807) is 6.07 Å². The largest absolute Gasteiger partial charge is 0.504 e. The Morgan fingerprint density at radius 3 is 2.31 bits per heavy atom. The molecule has 0 aliphatic carbocycles. The number of anilines is 1. The van der Waals surface area contributed by atoms with Crippen LogP contribution in [0.4, 0.5) is 5.69 Å². The maximum Gasteiger partial charge on any atom is 0.159 e. The number of aromatic hydroxyl groups is 2. The van der Waals surface area contributed by atoms with Crippen LogP contribution in [0.2, 0.25) is 0 Å². The zero-order chi connectivity index (χ0) is 10.0. The lowest BCUT2D eigenvalue weighted by molar-refractivity contribution is 0.403. The highest BCUT2D eigenvalue weighted by Crippen LogP contribution is 2.28. The van der Waals surface area contributed by atoms with Gasteiger partial charge in [0.05, 0.1) is 5.69 Å². The van der Waals surface area contributed by atoms with Crippen molar-refractivity contribution in [1.82, 2.24) is 0 Å². The maximum absolute atomic E-state index is 9.20. The third kappa shape index (κ3) is 2.03. The van der Waals surface area contributed by atoms with Crippen LogP contribution < -0.4 is 10.9 Å². The van der Waals surface area contributed by atoms with Gasteiger partial charge in [0.25, 0.3) is 0 Å². The zero-order valence-corrected chi connectivity index (χ0v) is 7.73. The van der Waals surface area contributed by atoms with Gasteiger partial charge in [-0.1, -0.05) is 0 Å². The van der Waals surface area contributed by atoms with Crippen LogP contribution in [0.15, 0.2) is 18.2 Å². The average Bonchev–Trinajstić information content (AvgIpc) is 2.08. The van der Waals surface area contributed by atoms with Gasteiger partial charge in [-0.05, 0) is 26.0 Å². The highest BCUT2D eigenvalue weighted by molar-refractivity contribution is 5.54. The van der Waals surface area contributed by atoms with Crippen LogP contribution in [-0.4, -0.2) is 16.3 Å². The molecule has 0 atom stereocenters. The van der Waals surface area contributed by atoms with Crippen molar-refractivity contribution in [3.63, 3.8) is 0 Å². The van der Waals surface area contributed by atoms with Gasteiger partial charge < -0.3 is 15.2 Å². The van der Waals surface area contributed by atoms with Gasteiger partial charge in [-0.2, -0.15) is 0 Å². The van der Waals surface area contributed by atoms with E-state index in [2.05, 4.69) is 0 Å². The molecule has 0 unspecified atom stereocenters. The molecule has 0 heterocycles. The minimum absolute atomic E-state index is 0.138. The minimum atomic E-state index is -0.159. The summed E-state index contributed by atoms with van der Waals surface area (Å²) in [7, 11) is 0. The molecule has 0 aliphatic heterocycles. The molecule has 0 amide bonds. The fourth-order valence-corrected chi connectivity index (χ4v) is 0.971. The van der Waals surface area contributed by atoms with Crippen molar-refractivity contribution >= 4 is 5.69 Å². The Balaban J connectivity index is 2.97. The van der Waals surface area contributed by atoms with E-state index in [1.807, 2.05) is 13.8 Å². The van der Waals surface area contributed by atoms with Crippen LogP contribution in [0.3, 0.4) is 0 Å². The summed E-state index contributed by atoms with van der Waals surface area (Å²) in [6.07, 6.45) is 0. The second kappa shape index (κ2) is 3.53. The second-order valence-electron chi connectivity index (χ2n) is 3.17. The van der Waals surface area contributed by atoms with E-state index in [-0.39, 0.29) is 17.5 Å². The maximum atomic E-state index is 9.20. The first-order valence-corrected chi connectivity index (χ1v) is 4.08. The Labute approximate surface area is 77.2 Å². The van der Waals surface area contributed by atoms with Gasteiger partial charge in [-0.3, -0.25) is 0 Å². The molecule has 0 saturated heterocycles. The molecule has 1 aromatic carbocycles. The highest BCUT2D eigenvalue weighted by atomic mass is 16.3. The van der Waals surface area contributed by atoms with Gasteiger partial charge >= 0.3 is 0 Å². The van der Waals surface area contributed by atoms with E-state index in [9.17, 15) is 5.11 Å². The summed E-state index contributed by atoms with van der Waals surface area (Å²) in [6.45, 7) is 3.87. The molecule has 13 heavy (non-hydrogen) atoms. The van der Waals surface area contributed by atoms with Crippen molar-refractivity contribution in [2.75, 3.05) is 5.01 Å². The van der Waals surface area contributed by atoms with Crippen LogP contribution in [0.1, 0.15) is 13.8 Å². The van der Waals surface area contributed by atoms with Crippen LogP contribution in [0.25, 0.3) is 0 Å². The Morgan fingerprint density at radius 2 is 1.85 bits per heavy atom. The average molecular weight is 182 g/mol. The lowest BCUT2D eigenvalue weighted by Crippen LogP contribution is -2.37. The van der Waals surface area contributed by atoms with Crippen molar-refractivity contribution in [1.29, 1.82) is 0 Å². The summed E-state index contributed by atoms with van der Waals surface area (Å²) >= 11 is 0. The first-order valence-electron chi connectivity index (χ1n) is 4.08. The predicted molar refractivity (Wildman–Crippen MR) is 51.6 cm³/mol. The first-order chi connectivity index (χ1) is 6.02. The molecule has 0 fully saturated rings. The summed E-state index contributed by atoms with van der Waals surface area (Å²) in [6, 6.07) is 4.63. The smallest absolute Gasteiger partial charge is 0.159 e. The van der Waals surface area contributed by atoms with E-state index in [1.165, 1.54) is 17.1 Å². The molecule has 0 bridgehead atoms. The highest BCUT2D eigenvalue weighted by Gasteiger charge is 2.07. The van der Waals surface area contributed by atoms with Crippen molar-refractivity contribution in [3.05, 3.63) is 18.2 Å². The molecule has 1 aromatic rings. The lowest BCUT2D eigenvalue weighted by atomic mass is 10.2. The number of hydrazine groups is 1. The van der Waals surface area contributed by atoms with Gasteiger partial charge in [0, 0.05) is 12.1 Å². The van der Waals surface area contributed by atoms with E-state index in [0.717, 1.165) is 0 Å². The summed E-state index contributed by atoms with van der Waals surface area (Å²) in [5.74, 6) is 5.40. The molecule has 4 N–H and O–H groups in total. The van der Waals surface area contributed by atoms with Crippen LogP contribution in [0.5, 0.6) is 11.5 Å². The monoisotopic (exact) mass is 182 g/mol. The van der Waals surface area contributed by atoms with Crippen molar-refractivity contribution < 1.29 is 10.2 Å². The van der Waals surface area contributed by atoms with Crippen LogP contribution in [-0.2, 0) is 0 Å². The number of phenols is 2. The SMILES string of the molecule is CC(C)N(N)c1ccc(O)c(O)c1. The Bertz CT molecular complexity index is 300. The van der Waals surface area contributed by atoms with E-state index in [4.69, 9.17) is 10.9 Å². The van der Waals surface area contributed by atoms with Gasteiger partial charge in [-0.25, -0.2) is 5.84 Å². The summed E-state index contributed by atoms with van der Waals surface area (Å²) in [4.78, 5) is 0. The zero-order valence-electron chi connectivity index (χ0n) is 7.73. The number of rotatable bonds is 2. The molecule has 0 spiro atoms. The predicted octanol–water partition coefficient (Wildman–Crippen LogP) is 1.19. The first kappa shape index (κ1) is 9.67. The molecular formula is C9H14N2O2. The number of nitrogens with two attached hydrogens (primary N) is 1. The number of hydrogen-bond donors (Lipinski definition) is 3. The molecule has 0 aliphatic rings. The minimum Gasteiger partial charge on any atom is -0.504 e. The van der Waals surface area contributed by atoms with Gasteiger partial charge in [0.2, 0.25) is 0 Å². The molecule has 72 valence electrons. The number of benzene rings is 1. The van der Waals surface area contributed by atoms with Gasteiger partial charge in [0.15, 0.2) is 11.5 Å². The fourth-order valence-electron chi connectivity index (χ4n) is 0.971. The molecule has 4 heteroatoms. The molecule has 4 nitrogen and oxygen atoms in total. The normalized spacial score (nSPS) is 10.5. The van der Waals surface area contributed by atoms with E-state index in [0.29, 0.717) is 5.69 Å². The Morgan fingerprint density at radius 1 is 1.23 bits per heavy atom. The molecular weight excluding hydrogens is 168 g/mol. The second-order valence-corrected chi connectivity index (χ2v) is 3.17. The number of hydrogen-bond acceptors (Lipinski definition) is 4. The van der Waals surface area contributed by atoms with Crippen LogP contribution >= 0.6 is 0 Å². The third-order valence-corrected chi connectivity index (χ3v) is 1.81. The van der Waals surface area contributed by atoms with E-state index < -0.39 is 0 Å². The molecule has 1 rings (SSSR count). The summed E-state index contributed by atoms with van der Waals surface area (Å²) < 4.78 is 0.